The zero-order chi connectivity index (χ0) is 14.1. The molecule has 0 saturated heterocycles. The molecule has 1 unspecified atom stereocenters. The molecule has 19 heavy (non-hydrogen) atoms. The van der Waals surface area contributed by atoms with Crippen LogP contribution >= 0.6 is 11.6 Å². The van der Waals surface area contributed by atoms with Crippen LogP contribution in [0.15, 0.2) is 18.2 Å². The van der Waals surface area contributed by atoms with E-state index in [0.29, 0.717) is 12.3 Å². The summed E-state index contributed by atoms with van der Waals surface area (Å²) < 4.78 is 24.0. The van der Waals surface area contributed by atoms with Gasteiger partial charge in [0.25, 0.3) is 0 Å². The Bertz CT molecular complexity index is 376. The van der Waals surface area contributed by atoms with E-state index in [1.165, 1.54) is 12.1 Å². The minimum Gasteiger partial charge on any atom is -0.489 e. The van der Waals surface area contributed by atoms with E-state index in [0.717, 1.165) is 26.2 Å². The summed E-state index contributed by atoms with van der Waals surface area (Å²) in [5, 5.41) is 3.37. The fourth-order valence-electron chi connectivity index (χ4n) is 1.57. The van der Waals surface area contributed by atoms with E-state index in [1.54, 1.807) is 6.07 Å². The molecule has 1 rings (SSSR count). The van der Waals surface area contributed by atoms with E-state index in [4.69, 9.17) is 21.1 Å². The van der Waals surface area contributed by atoms with E-state index in [2.05, 4.69) is 5.32 Å². The summed E-state index contributed by atoms with van der Waals surface area (Å²) in [6, 6.07) is 4.46. The minimum absolute atomic E-state index is 0.0346. The van der Waals surface area contributed by atoms with Crippen molar-refractivity contribution in [2.45, 2.75) is 26.4 Å². The lowest BCUT2D eigenvalue weighted by molar-refractivity contribution is 0.143. The summed E-state index contributed by atoms with van der Waals surface area (Å²) in [7, 11) is 0. The van der Waals surface area contributed by atoms with E-state index in [9.17, 15) is 4.39 Å². The second-order valence-corrected chi connectivity index (χ2v) is 4.67. The average molecular weight is 290 g/mol. The summed E-state index contributed by atoms with van der Waals surface area (Å²) in [6.07, 6.45) is 0.934. The Balaban J connectivity index is 2.19. The zero-order valence-corrected chi connectivity index (χ0v) is 12.2. The Kier molecular flexibility index (Phi) is 7.79. The predicted molar refractivity (Wildman–Crippen MR) is 75.5 cm³/mol. The van der Waals surface area contributed by atoms with Gasteiger partial charge in [-0.2, -0.15) is 0 Å². The van der Waals surface area contributed by atoms with Gasteiger partial charge in [0.05, 0.1) is 5.02 Å². The van der Waals surface area contributed by atoms with Crippen LogP contribution in [0.3, 0.4) is 0 Å². The molecule has 108 valence electrons. The number of hydrogen-bond donors (Lipinski definition) is 1. The van der Waals surface area contributed by atoms with Crippen LogP contribution in [0.2, 0.25) is 5.02 Å². The lowest BCUT2D eigenvalue weighted by Gasteiger charge is -2.15. The smallest absolute Gasteiger partial charge is 0.145 e. The summed E-state index contributed by atoms with van der Waals surface area (Å²) in [5.41, 5.74) is 0. The molecule has 0 amide bonds. The molecule has 1 N–H and O–H groups in total. The number of halogens is 2. The highest BCUT2D eigenvalue weighted by atomic mass is 35.5. The zero-order valence-electron chi connectivity index (χ0n) is 11.4. The molecule has 0 saturated carbocycles. The number of rotatable bonds is 9. The van der Waals surface area contributed by atoms with Gasteiger partial charge in [-0.15, -0.1) is 0 Å². The molecule has 0 fully saturated rings. The molecule has 0 aromatic heterocycles. The van der Waals surface area contributed by atoms with Crippen LogP contribution in [0.5, 0.6) is 5.75 Å². The van der Waals surface area contributed by atoms with Gasteiger partial charge in [-0.25, -0.2) is 4.39 Å². The average Bonchev–Trinajstić information content (AvgIpc) is 2.38. The molecule has 5 heteroatoms. The van der Waals surface area contributed by atoms with Crippen molar-refractivity contribution in [3.63, 3.8) is 0 Å². The maximum absolute atomic E-state index is 13.2. The Hall–Kier alpha value is -0.840. The third kappa shape index (κ3) is 6.76. The molecule has 1 aromatic rings. The first-order valence-corrected chi connectivity index (χ1v) is 6.91. The Morgan fingerprint density at radius 3 is 2.89 bits per heavy atom. The Morgan fingerprint density at radius 2 is 2.21 bits per heavy atom. The standard InChI is InChI=1S/C14H21ClFNO2/c1-3-18-8-4-7-17-10-11(2)19-12-5-6-13(15)14(16)9-12/h5-6,9,11,17H,3-4,7-8,10H2,1-2H3. The molecule has 0 spiro atoms. The third-order valence-corrected chi connectivity index (χ3v) is 2.81. The number of hydrogen-bond acceptors (Lipinski definition) is 3. The first-order valence-electron chi connectivity index (χ1n) is 6.53. The van der Waals surface area contributed by atoms with Crippen LogP contribution in [0.25, 0.3) is 0 Å². The summed E-state index contributed by atoms with van der Waals surface area (Å²) in [4.78, 5) is 0. The molecule has 0 aliphatic rings. The van der Waals surface area contributed by atoms with Crippen molar-refractivity contribution in [3.05, 3.63) is 29.0 Å². The molecular formula is C14H21ClFNO2. The van der Waals surface area contributed by atoms with Crippen molar-refractivity contribution in [2.75, 3.05) is 26.3 Å². The van der Waals surface area contributed by atoms with Crippen molar-refractivity contribution >= 4 is 11.6 Å². The topological polar surface area (TPSA) is 30.5 Å². The summed E-state index contributed by atoms with van der Waals surface area (Å²) >= 11 is 5.61. The van der Waals surface area contributed by atoms with E-state index in [1.807, 2.05) is 13.8 Å². The van der Waals surface area contributed by atoms with Gasteiger partial charge in [-0.1, -0.05) is 11.6 Å². The summed E-state index contributed by atoms with van der Waals surface area (Å²) in [5.74, 6) is 0.0292. The Morgan fingerprint density at radius 1 is 1.42 bits per heavy atom. The van der Waals surface area contributed by atoms with Crippen LogP contribution in [-0.2, 0) is 4.74 Å². The van der Waals surface area contributed by atoms with E-state index >= 15 is 0 Å². The van der Waals surface area contributed by atoms with E-state index in [-0.39, 0.29) is 11.1 Å². The molecule has 0 radical (unpaired) electrons. The maximum Gasteiger partial charge on any atom is 0.145 e. The molecule has 0 aliphatic carbocycles. The second-order valence-electron chi connectivity index (χ2n) is 4.26. The van der Waals surface area contributed by atoms with Crippen LogP contribution < -0.4 is 10.1 Å². The molecule has 3 nitrogen and oxygen atoms in total. The maximum atomic E-state index is 13.2. The monoisotopic (exact) mass is 289 g/mol. The van der Waals surface area contributed by atoms with Crippen molar-refractivity contribution in [1.29, 1.82) is 0 Å². The largest absolute Gasteiger partial charge is 0.489 e. The molecular weight excluding hydrogens is 269 g/mol. The quantitative estimate of drug-likeness (QED) is 0.708. The highest BCUT2D eigenvalue weighted by Gasteiger charge is 2.06. The fraction of sp³-hybridized carbons (Fsp3) is 0.571. The van der Waals surface area contributed by atoms with Crippen molar-refractivity contribution < 1.29 is 13.9 Å². The lowest BCUT2D eigenvalue weighted by Crippen LogP contribution is -2.30. The van der Waals surface area contributed by atoms with E-state index < -0.39 is 5.82 Å². The minimum atomic E-state index is -0.462. The van der Waals surface area contributed by atoms with Gasteiger partial charge < -0.3 is 14.8 Å². The number of ether oxygens (including phenoxy) is 2. The predicted octanol–water partition coefficient (Wildman–Crippen LogP) is 3.26. The molecule has 0 bridgehead atoms. The van der Waals surface area contributed by atoms with Crippen LogP contribution in [0.4, 0.5) is 4.39 Å². The number of nitrogens with one attached hydrogen (secondary N) is 1. The van der Waals surface area contributed by atoms with Gasteiger partial charge in [0.2, 0.25) is 0 Å². The van der Waals surface area contributed by atoms with Crippen LogP contribution in [0, 0.1) is 5.82 Å². The first-order chi connectivity index (χ1) is 9.13. The van der Waals surface area contributed by atoms with Crippen molar-refractivity contribution in [3.8, 4) is 5.75 Å². The van der Waals surface area contributed by atoms with Gasteiger partial charge in [-0.05, 0) is 38.9 Å². The second kappa shape index (κ2) is 9.13. The first kappa shape index (κ1) is 16.2. The van der Waals surface area contributed by atoms with Gasteiger partial charge in [0.1, 0.15) is 17.7 Å². The van der Waals surface area contributed by atoms with Crippen LogP contribution in [-0.4, -0.2) is 32.4 Å². The molecule has 1 aromatic carbocycles. The lowest BCUT2D eigenvalue weighted by atomic mass is 10.3. The Labute approximate surface area is 119 Å². The molecule has 0 aliphatic heterocycles. The number of benzene rings is 1. The molecule has 0 heterocycles. The van der Waals surface area contributed by atoms with Gasteiger partial charge in [0, 0.05) is 25.8 Å². The SMILES string of the molecule is CCOCCCNCC(C)Oc1ccc(Cl)c(F)c1. The fourth-order valence-corrected chi connectivity index (χ4v) is 1.69. The van der Waals surface area contributed by atoms with Crippen molar-refractivity contribution in [1.82, 2.24) is 5.32 Å². The third-order valence-electron chi connectivity index (χ3n) is 2.51. The highest BCUT2D eigenvalue weighted by Crippen LogP contribution is 2.21. The van der Waals surface area contributed by atoms with Gasteiger partial charge in [-0.3, -0.25) is 0 Å². The van der Waals surface area contributed by atoms with Crippen molar-refractivity contribution in [2.24, 2.45) is 0 Å². The van der Waals surface area contributed by atoms with Gasteiger partial charge >= 0.3 is 0 Å². The molecule has 1 atom stereocenters. The normalized spacial score (nSPS) is 12.4. The van der Waals surface area contributed by atoms with Crippen LogP contribution in [0.1, 0.15) is 20.3 Å². The van der Waals surface area contributed by atoms with Gasteiger partial charge in [0.15, 0.2) is 0 Å². The highest BCUT2D eigenvalue weighted by molar-refractivity contribution is 6.30. The summed E-state index contributed by atoms with van der Waals surface area (Å²) in [6.45, 7) is 7.01.